The first-order valence-electron chi connectivity index (χ1n) is 6.85. The molecule has 104 valence electrons. The molecule has 6 heteroatoms. The topological polar surface area (TPSA) is 90.5 Å². The van der Waals surface area contributed by atoms with E-state index in [1.807, 2.05) is 6.20 Å². The first kappa shape index (κ1) is 12.1. The summed E-state index contributed by atoms with van der Waals surface area (Å²) in [6, 6.07) is 1.76. The second-order valence-electron chi connectivity index (χ2n) is 5.67. The van der Waals surface area contributed by atoms with Crippen molar-refractivity contribution in [1.82, 2.24) is 24.9 Å². The Hall–Kier alpha value is -2.63. The maximum Gasteiger partial charge on any atom is 0.180 e. The molecule has 21 heavy (non-hydrogen) atoms. The van der Waals surface area contributed by atoms with Crippen LogP contribution in [0.5, 0.6) is 0 Å². The molecule has 4 rings (SSSR count). The van der Waals surface area contributed by atoms with Gasteiger partial charge in [-0.05, 0) is 29.9 Å². The minimum atomic E-state index is 0.167. The third-order valence-electron chi connectivity index (χ3n) is 4.10. The number of hydrogen-bond donors (Lipinski definition) is 1. The van der Waals surface area contributed by atoms with Gasteiger partial charge in [-0.2, -0.15) is 0 Å². The number of anilines is 1. The highest BCUT2D eigenvalue weighted by Gasteiger charge is 2.41. The lowest BCUT2D eigenvalue weighted by Crippen LogP contribution is -2.07. The molecule has 2 N–H and O–H groups in total. The molecular weight excluding hydrogens is 264 g/mol. The number of nitrogens with zero attached hydrogens (tertiary/aromatic N) is 5. The van der Waals surface area contributed by atoms with E-state index in [1.54, 1.807) is 18.5 Å². The summed E-state index contributed by atoms with van der Waals surface area (Å²) in [5, 5.41) is 0.919. The van der Waals surface area contributed by atoms with Crippen LogP contribution in [0.2, 0.25) is 0 Å². The molecule has 1 aliphatic carbocycles. The summed E-state index contributed by atoms with van der Waals surface area (Å²) in [4.78, 5) is 21.4. The lowest BCUT2D eigenvalue weighted by molar-refractivity contribution is 0.790. The van der Waals surface area contributed by atoms with E-state index in [2.05, 4.69) is 31.8 Å². The summed E-state index contributed by atoms with van der Waals surface area (Å²) in [6.45, 7) is 2.22. The Bertz CT molecular complexity index is 826. The lowest BCUT2D eigenvalue weighted by atomic mass is 9.96. The average Bonchev–Trinajstić information content (AvgIpc) is 3.26. The van der Waals surface area contributed by atoms with Gasteiger partial charge < -0.3 is 5.73 Å². The van der Waals surface area contributed by atoms with Crippen LogP contribution in [0.4, 0.5) is 5.82 Å². The molecule has 0 bridgehead atoms. The van der Waals surface area contributed by atoms with Crippen LogP contribution < -0.4 is 5.73 Å². The van der Waals surface area contributed by atoms with E-state index < -0.39 is 0 Å². The Morgan fingerprint density at radius 2 is 2.00 bits per heavy atom. The molecule has 6 nitrogen and oxygen atoms in total. The quantitative estimate of drug-likeness (QED) is 0.772. The largest absolute Gasteiger partial charge is 0.383 e. The van der Waals surface area contributed by atoms with Crippen LogP contribution in [0, 0.1) is 0 Å². The van der Waals surface area contributed by atoms with Crippen LogP contribution in [0.1, 0.15) is 25.3 Å². The van der Waals surface area contributed by atoms with Gasteiger partial charge in [-0.25, -0.2) is 19.9 Å². The highest BCUT2D eigenvalue weighted by atomic mass is 15.0. The molecule has 1 saturated carbocycles. The third kappa shape index (κ3) is 1.91. The van der Waals surface area contributed by atoms with Crippen LogP contribution in [0.3, 0.4) is 0 Å². The lowest BCUT2D eigenvalue weighted by Gasteiger charge is -2.13. The van der Waals surface area contributed by atoms with Gasteiger partial charge in [0.15, 0.2) is 5.82 Å². The minimum Gasteiger partial charge on any atom is -0.383 e. The molecule has 1 aliphatic rings. The number of aromatic nitrogens is 5. The molecule has 0 spiro atoms. The van der Waals surface area contributed by atoms with Crippen molar-refractivity contribution < 1.29 is 0 Å². The van der Waals surface area contributed by atoms with Crippen molar-refractivity contribution in [1.29, 1.82) is 0 Å². The molecule has 3 aromatic heterocycles. The van der Waals surface area contributed by atoms with E-state index in [-0.39, 0.29) is 5.41 Å². The smallest absolute Gasteiger partial charge is 0.180 e. The number of fused-ring (bicyclic) bond motifs is 1. The van der Waals surface area contributed by atoms with Gasteiger partial charge in [0.2, 0.25) is 0 Å². The fourth-order valence-electron chi connectivity index (χ4n) is 2.56. The van der Waals surface area contributed by atoms with Crippen molar-refractivity contribution in [3.63, 3.8) is 0 Å². The highest BCUT2D eigenvalue weighted by molar-refractivity contribution is 5.92. The fraction of sp³-hybridized carbons (Fsp3) is 0.267. The van der Waals surface area contributed by atoms with Crippen molar-refractivity contribution >= 4 is 16.7 Å². The standard InChI is InChI=1S/C15H14N6/c1-15(3-4-15)9-6-18-7-11-12(9)13(16)21-14(20-11)10-2-5-17-8-19-10/h2,5-8H,3-4H2,1H3,(H2,16,20,21). The molecule has 1 fully saturated rings. The molecule has 0 atom stereocenters. The van der Waals surface area contributed by atoms with Gasteiger partial charge in [-0.3, -0.25) is 4.98 Å². The van der Waals surface area contributed by atoms with Crippen molar-refractivity contribution in [2.45, 2.75) is 25.2 Å². The van der Waals surface area contributed by atoms with Crippen LogP contribution in [0.25, 0.3) is 22.4 Å². The number of pyridine rings is 1. The molecule has 0 saturated heterocycles. The van der Waals surface area contributed by atoms with Crippen LogP contribution in [0.15, 0.2) is 31.0 Å². The Kier molecular flexibility index (Phi) is 2.42. The Morgan fingerprint density at radius 1 is 1.14 bits per heavy atom. The van der Waals surface area contributed by atoms with Gasteiger partial charge in [0.25, 0.3) is 0 Å². The Labute approximate surface area is 121 Å². The van der Waals surface area contributed by atoms with E-state index in [4.69, 9.17) is 5.73 Å². The van der Waals surface area contributed by atoms with Crippen molar-refractivity contribution in [2.75, 3.05) is 5.73 Å². The van der Waals surface area contributed by atoms with E-state index >= 15 is 0 Å². The van der Waals surface area contributed by atoms with Crippen LogP contribution >= 0.6 is 0 Å². The molecule has 3 aromatic rings. The molecule has 3 heterocycles. The zero-order valence-electron chi connectivity index (χ0n) is 11.6. The van der Waals surface area contributed by atoms with Crippen molar-refractivity contribution in [3.05, 3.63) is 36.5 Å². The van der Waals surface area contributed by atoms with Gasteiger partial charge >= 0.3 is 0 Å². The predicted molar refractivity (Wildman–Crippen MR) is 79.4 cm³/mol. The van der Waals surface area contributed by atoms with E-state index in [9.17, 15) is 0 Å². The number of nitrogens with two attached hydrogens (primary N) is 1. The second-order valence-corrected chi connectivity index (χ2v) is 5.67. The maximum atomic E-state index is 6.20. The van der Waals surface area contributed by atoms with Crippen molar-refractivity contribution in [2.24, 2.45) is 0 Å². The fourth-order valence-corrected chi connectivity index (χ4v) is 2.56. The van der Waals surface area contributed by atoms with Gasteiger partial charge in [0.05, 0.1) is 11.7 Å². The SMILES string of the molecule is CC1(c2cncc3nc(-c4ccncn4)nc(N)c23)CC1. The summed E-state index contributed by atoms with van der Waals surface area (Å²) in [5.41, 5.74) is 8.93. The van der Waals surface area contributed by atoms with Crippen molar-refractivity contribution in [3.8, 4) is 11.5 Å². The Balaban J connectivity index is 1.96. The summed E-state index contributed by atoms with van der Waals surface area (Å²) >= 11 is 0. The first-order chi connectivity index (χ1) is 10.2. The van der Waals surface area contributed by atoms with E-state index in [1.165, 1.54) is 6.33 Å². The van der Waals surface area contributed by atoms with E-state index in [0.717, 1.165) is 29.3 Å². The monoisotopic (exact) mass is 278 g/mol. The zero-order chi connectivity index (χ0) is 14.4. The second kappa shape index (κ2) is 4.18. The molecule has 0 amide bonds. The van der Waals surface area contributed by atoms with Crippen LogP contribution in [-0.4, -0.2) is 24.9 Å². The molecule has 0 unspecified atom stereocenters. The zero-order valence-corrected chi connectivity index (χ0v) is 11.6. The molecule has 0 aliphatic heterocycles. The highest BCUT2D eigenvalue weighted by Crippen LogP contribution is 2.50. The number of nitrogen functional groups attached to an aromatic ring is 1. The van der Waals surface area contributed by atoms with E-state index in [0.29, 0.717) is 17.3 Å². The maximum absolute atomic E-state index is 6.20. The van der Waals surface area contributed by atoms with Gasteiger partial charge in [-0.15, -0.1) is 0 Å². The summed E-state index contributed by atoms with van der Waals surface area (Å²) < 4.78 is 0. The summed E-state index contributed by atoms with van der Waals surface area (Å²) in [5.74, 6) is 0.987. The predicted octanol–water partition coefficient (Wildman–Crippen LogP) is 2.12. The average molecular weight is 278 g/mol. The van der Waals surface area contributed by atoms with Gasteiger partial charge in [0.1, 0.15) is 17.8 Å². The molecule has 0 radical (unpaired) electrons. The van der Waals surface area contributed by atoms with Gasteiger partial charge in [0, 0.05) is 17.8 Å². The summed E-state index contributed by atoms with van der Waals surface area (Å²) in [7, 11) is 0. The Morgan fingerprint density at radius 3 is 2.71 bits per heavy atom. The first-order valence-corrected chi connectivity index (χ1v) is 6.85. The van der Waals surface area contributed by atoms with Crippen LogP contribution in [-0.2, 0) is 5.41 Å². The summed E-state index contributed by atoms with van der Waals surface area (Å²) in [6.07, 6.45) is 9.06. The minimum absolute atomic E-state index is 0.167. The third-order valence-corrected chi connectivity index (χ3v) is 4.10. The molecular formula is C15H14N6. The number of rotatable bonds is 2. The molecule has 0 aromatic carbocycles. The number of hydrogen-bond acceptors (Lipinski definition) is 6. The normalized spacial score (nSPS) is 16.0. The van der Waals surface area contributed by atoms with Gasteiger partial charge in [-0.1, -0.05) is 6.92 Å².